The molecule has 7 heteroatoms. The maximum Gasteiger partial charge on any atom is 0.606 e. The van der Waals surface area contributed by atoms with Crippen LogP contribution in [0.5, 0.6) is 0 Å². The number of nitrogens with zero attached hydrogens (tertiary/aromatic N) is 1. The van der Waals surface area contributed by atoms with Crippen LogP contribution in [0.2, 0.25) is 0 Å². The van der Waals surface area contributed by atoms with Crippen LogP contribution in [0.3, 0.4) is 0 Å². The molecule has 2 aliphatic rings. The number of halogens is 1. The molecule has 0 saturated carbocycles. The molecule has 86 valence electrons. The maximum absolute atomic E-state index is 11.4. The minimum absolute atomic E-state index is 0.139. The topological polar surface area (TPSA) is 65.5 Å². The van der Waals surface area contributed by atoms with E-state index in [-0.39, 0.29) is 24.8 Å². The summed E-state index contributed by atoms with van der Waals surface area (Å²) in [7, 11) is 0. The summed E-state index contributed by atoms with van der Waals surface area (Å²) in [5.41, 5.74) is 0.478. The minimum atomic E-state index is -2.14. The molecule has 5 nitrogen and oxygen atoms in total. The van der Waals surface area contributed by atoms with Gasteiger partial charge >= 0.3 is 18.5 Å². The molecule has 0 aliphatic carbocycles. The number of carbonyl (C=O) groups excluding carboxylic acids is 2. The lowest BCUT2D eigenvalue weighted by Gasteiger charge is -2.23. The lowest BCUT2D eigenvalue weighted by Crippen LogP contribution is -2.54. The molecule has 2 fully saturated rings. The van der Waals surface area contributed by atoms with Crippen LogP contribution in [0.15, 0.2) is 22.8 Å². The van der Waals surface area contributed by atoms with Crippen LogP contribution in [0.1, 0.15) is 12.8 Å². The Labute approximate surface area is 106 Å². The fourth-order valence-corrected chi connectivity index (χ4v) is 2.67. The molecule has 3 heterocycles. The van der Waals surface area contributed by atoms with Gasteiger partial charge in [0.1, 0.15) is 17.4 Å². The van der Waals surface area contributed by atoms with E-state index in [1.807, 2.05) is 0 Å². The molecule has 0 bridgehead atoms. The average molecular weight is 296 g/mol. The summed E-state index contributed by atoms with van der Waals surface area (Å²) in [5, 5.41) is 0. The van der Waals surface area contributed by atoms with Crippen LogP contribution in [0.25, 0.3) is 0 Å². The first kappa shape index (κ1) is 10.6. The fraction of sp³-hybridized carbons (Fsp3) is 0.200. The van der Waals surface area contributed by atoms with E-state index in [1.165, 1.54) is 0 Å². The molecule has 0 atom stereocenters. The molecule has 0 aromatic carbocycles. The quantitative estimate of drug-likeness (QED) is 0.429. The average Bonchev–Trinajstić information content (AvgIpc) is 2.70. The Bertz CT molecular complexity index is 501. The van der Waals surface area contributed by atoms with Crippen molar-refractivity contribution < 1.29 is 18.9 Å². The molecule has 0 unspecified atom stereocenters. The lowest BCUT2D eigenvalue weighted by molar-refractivity contribution is -0.138. The summed E-state index contributed by atoms with van der Waals surface area (Å²) in [5.74, 6) is -0.0471. The van der Waals surface area contributed by atoms with Crippen LogP contribution in [-0.2, 0) is 18.9 Å². The van der Waals surface area contributed by atoms with E-state index in [1.54, 1.807) is 18.2 Å². The van der Waals surface area contributed by atoms with Gasteiger partial charge in [-0.05, 0) is 22.0 Å². The SMILES string of the molecule is O=C1C[C+]2CC(=O)O[B-]2(c2cccc(Br)n2)O1. The second-order valence-electron chi connectivity index (χ2n) is 4.09. The molecule has 1 aromatic rings. The first-order valence-corrected chi connectivity index (χ1v) is 5.95. The Morgan fingerprint density at radius 2 is 1.88 bits per heavy atom. The van der Waals surface area contributed by atoms with Crippen molar-refractivity contribution in [3.05, 3.63) is 28.6 Å². The maximum atomic E-state index is 11.4. The third-order valence-electron chi connectivity index (χ3n) is 3.00. The zero-order valence-electron chi connectivity index (χ0n) is 8.68. The van der Waals surface area contributed by atoms with E-state index in [0.717, 1.165) is 0 Å². The second-order valence-corrected chi connectivity index (χ2v) is 4.90. The number of aromatic nitrogens is 1. The van der Waals surface area contributed by atoms with Gasteiger partial charge in [0.2, 0.25) is 0 Å². The molecular weight excluding hydrogens is 289 g/mol. The Morgan fingerprint density at radius 3 is 2.47 bits per heavy atom. The molecule has 0 radical (unpaired) electrons. The molecule has 2 saturated heterocycles. The molecule has 0 amide bonds. The lowest BCUT2D eigenvalue weighted by atomic mass is 9.46. The van der Waals surface area contributed by atoms with Crippen molar-refractivity contribution >= 4 is 40.0 Å². The number of hydrogen-bond donors (Lipinski definition) is 0. The highest BCUT2D eigenvalue weighted by Gasteiger charge is 2.66. The van der Waals surface area contributed by atoms with Crippen LogP contribution in [0.4, 0.5) is 0 Å². The van der Waals surface area contributed by atoms with Crippen molar-refractivity contribution in [1.29, 1.82) is 0 Å². The van der Waals surface area contributed by atoms with Crippen LogP contribution in [0, 0.1) is 5.82 Å². The Morgan fingerprint density at radius 1 is 1.24 bits per heavy atom. The van der Waals surface area contributed by atoms with Gasteiger partial charge in [0.25, 0.3) is 0 Å². The van der Waals surface area contributed by atoms with E-state index >= 15 is 0 Å². The number of pyridine rings is 1. The van der Waals surface area contributed by atoms with Gasteiger partial charge in [0.15, 0.2) is 0 Å². The number of hydrogen-bond acceptors (Lipinski definition) is 5. The highest BCUT2D eigenvalue weighted by Crippen LogP contribution is 2.39. The zero-order chi connectivity index (χ0) is 12.0. The Balaban J connectivity index is 2.09. The van der Waals surface area contributed by atoms with Crippen molar-refractivity contribution in [3.8, 4) is 0 Å². The van der Waals surface area contributed by atoms with Gasteiger partial charge in [0.05, 0.1) is 0 Å². The van der Waals surface area contributed by atoms with Gasteiger partial charge in [-0.25, -0.2) is 0 Å². The summed E-state index contributed by atoms with van der Waals surface area (Å²) in [6.07, 6.45) is 0.278. The van der Waals surface area contributed by atoms with Gasteiger partial charge in [-0.3, -0.25) is 14.6 Å². The van der Waals surface area contributed by atoms with Gasteiger partial charge in [-0.1, -0.05) is 12.1 Å². The summed E-state index contributed by atoms with van der Waals surface area (Å²) in [6, 6.07) is 5.21. The molecular formula is C10H7BBrNO4. The molecule has 17 heavy (non-hydrogen) atoms. The second kappa shape index (κ2) is 3.50. The Kier molecular flexibility index (Phi) is 2.19. The predicted octanol–water partition coefficient (Wildman–Crippen LogP) is 0.501. The number of rotatable bonds is 1. The van der Waals surface area contributed by atoms with Crippen LogP contribution in [-0.4, -0.2) is 23.5 Å². The standard InChI is InChI=1S/C10H7BBrNO4/c12-8-3-1-2-7(13-8)11-6(4-9(14)16-11)5-10(15)17-11/h1-3H,4-5H2. The fourth-order valence-electron chi connectivity index (χ4n) is 2.31. The van der Waals surface area contributed by atoms with E-state index in [4.69, 9.17) is 9.31 Å². The number of carbonyl (C=O) groups is 2. The van der Waals surface area contributed by atoms with Crippen molar-refractivity contribution in [1.82, 2.24) is 4.98 Å². The van der Waals surface area contributed by atoms with Gasteiger partial charge in [0, 0.05) is 11.4 Å². The van der Waals surface area contributed by atoms with Crippen LogP contribution >= 0.6 is 15.9 Å². The first-order valence-electron chi connectivity index (χ1n) is 5.16. The van der Waals surface area contributed by atoms with Gasteiger partial charge < -0.3 is 9.31 Å². The molecule has 3 rings (SSSR count). The van der Waals surface area contributed by atoms with Gasteiger partial charge in [-0.15, -0.1) is 0 Å². The van der Waals surface area contributed by atoms with E-state index < -0.39 is 6.55 Å². The van der Waals surface area contributed by atoms with E-state index in [0.29, 0.717) is 16.0 Å². The highest BCUT2D eigenvalue weighted by molar-refractivity contribution is 9.10. The summed E-state index contributed by atoms with van der Waals surface area (Å²) >= 11 is 3.24. The monoisotopic (exact) mass is 295 g/mol. The molecule has 2 aliphatic heterocycles. The summed E-state index contributed by atoms with van der Waals surface area (Å²) in [4.78, 5) is 27.0. The third-order valence-corrected chi connectivity index (χ3v) is 3.44. The zero-order valence-corrected chi connectivity index (χ0v) is 10.3. The minimum Gasteiger partial charge on any atom is -0.609 e. The van der Waals surface area contributed by atoms with E-state index in [2.05, 4.69) is 20.9 Å². The van der Waals surface area contributed by atoms with Crippen molar-refractivity contribution in [2.75, 3.05) is 0 Å². The molecule has 0 spiro atoms. The van der Waals surface area contributed by atoms with E-state index in [9.17, 15) is 9.59 Å². The van der Waals surface area contributed by atoms with Crippen molar-refractivity contribution in [2.24, 2.45) is 0 Å². The highest BCUT2D eigenvalue weighted by atomic mass is 79.9. The normalized spacial score (nSPS) is 21.1. The number of fused-ring (bicyclic) bond motifs is 1. The predicted molar refractivity (Wildman–Crippen MR) is 62.0 cm³/mol. The summed E-state index contributed by atoms with van der Waals surface area (Å²) < 4.78 is 11.1. The molecule has 1 aromatic heterocycles. The van der Waals surface area contributed by atoms with Crippen LogP contribution < -0.4 is 5.59 Å². The molecule has 0 N–H and O–H groups in total. The third kappa shape index (κ3) is 1.53. The Hall–Kier alpha value is -1.50. The smallest absolute Gasteiger partial charge is 0.606 e. The largest absolute Gasteiger partial charge is 0.609 e. The van der Waals surface area contributed by atoms with Gasteiger partial charge in [-0.2, -0.15) is 0 Å². The van der Waals surface area contributed by atoms with Crippen molar-refractivity contribution in [2.45, 2.75) is 12.8 Å². The van der Waals surface area contributed by atoms with Crippen molar-refractivity contribution in [3.63, 3.8) is 0 Å². The summed E-state index contributed by atoms with van der Waals surface area (Å²) in [6.45, 7) is -2.14. The first-order chi connectivity index (χ1) is 8.10.